The summed E-state index contributed by atoms with van der Waals surface area (Å²) in [5.41, 5.74) is 2.32. The van der Waals surface area contributed by atoms with Crippen LogP contribution in [0, 0.1) is 6.92 Å². The zero-order chi connectivity index (χ0) is 14.3. The number of anilines is 1. The first-order chi connectivity index (χ1) is 9.13. The smallest absolute Gasteiger partial charge is 0.128 e. The van der Waals surface area contributed by atoms with Crippen LogP contribution in [-0.2, 0) is 13.6 Å². The van der Waals surface area contributed by atoms with Crippen molar-refractivity contribution in [1.29, 1.82) is 0 Å². The summed E-state index contributed by atoms with van der Waals surface area (Å²) < 4.78 is 1.92. The van der Waals surface area contributed by atoms with Gasteiger partial charge >= 0.3 is 0 Å². The number of aromatic nitrogens is 2. The highest BCUT2D eigenvalue weighted by Crippen LogP contribution is 2.20. The van der Waals surface area contributed by atoms with Gasteiger partial charge < -0.3 is 10.4 Å². The molecule has 1 rings (SSSR count). The monoisotopic (exact) mass is 268 g/mol. The largest absolute Gasteiger partial charge is 0.395 e. The van der Waals surface area contributed by atoms with Crippen LogP contribution in [0.1, 0.15) is 37.9 Å². The maximum atomic E-state index is 9.15. The van der Waals surface area contributed by atoms with Gasteiger partial charge in [-0.1, -0.05) is 13.8 Å². The summed E-state index contributed by atoms with van der Waals surface area (Å²) in [5.74, 6) is 1.11. The van der Waals surface area contributed by atoms with Gasteiger partial charge in [-0.25, -0.2) is 0 Å². The Morgan fingerprint density at radius 3 is 2.58 bits per heavy atom. The number of aliphatic hydroxyl groups is 1. The van der Waals surface area contributed by atoms with Crippen molar-refractivity contribution >= 4 is 5.82 Å². The van der Waals surface area contributed by atoms with Gasteiger partial charge in [0.2, 0.25) is 0 Å². The van der Waals surface area contributed by atoms with Crippen LogP contribution in [-0.4, -0.2) is 46.0 Å². The van der Waals surface area contributed by atoms with Crippen molar-refractivity contribution in [3.05, 3.63) is 11.3 Å². The van der Waals surface area contributed by atoms with E-state index in [1.165, 1.54) is 5.56 Å². The van der Waals surface area contributed by atoms with Gasteiger partial charge in [0.05, 0.1) is 12.3 Å². The molecule has 0 saturated heterocycles. The molecule has 0 bridgehead atoms. The Bertz CT molecular complexity index is 370. The van der Waals surface area contributed by atoms with Gasteiger partial charge in [-0.05, 0) is 26.3 Å². The van der Waals surface area contributed by atoms with E-state index in [0.717, 1.165) is 50.5 Å². The highest BCUT2D eigenvalue weighted by Gasteiger charge is 2.15. The first-order valence-corrected chi connectivity index (χ1v) is 7.23. The van der Waals surface area contributed by atoms with E-state index in [9.17, 15) is 0 Å². The molecule has 5 heteroatoms. The van der Waals surface area contributed by atoms with E-state index in [2.05, 4.69) is 36.1 Å². The summed E-state index contributed by atoms with van der Waals surface area (Å²) in [6.45, 7) is 10.1. The average Bonchev–Trinajstić information content (AvgIpc) is 2.63. The Balaban J connectivity index is 2.84. The number of hydrogen-bond donors (Lipinski definition) is 2. The van der Waals surface area contributed by atoms with E-state index in [4.69, 9.17) is 5.11 Å². The minimum atomic E-state index is 0.205. The standard InChI is InChI=1S/C14H28N4O/c1-5-7-15-14-13(12(3)16-17(14)4)11-18(8-6-2)9-10-19/h15,19H,5-11H2,1-4H3. The summed E-state index contributed by atoms with van der Waals surface area (Å²) in [4.78, 5) is 2.28. The average molecular weight is 268 g/mol. The van der Waals surface area contributed by atoms with Gasteiger partial charge in [-0.2, -0.15) is 5.10 Å². The molecule has 110 valence electrons. The minimum absolute atomic E-state index is 0.205. The lowest BCUT2D eigenvalue weighted by Gasteiger charge is -2.21. The predicted molar refractivity (Wildman–Crippen MR) is 79.4 cm³/mol. The van der Waals surface area contributed by atoms with Crippen molar-refractivity contribution in [3.63, 3.8) is 0 Å². The fraction of sp³-hybridized carbons (Fsp3) is 0.786. The van der Waals surface area contributed by atoms with Gasteiger partial charge in [0.15, 0.2) is 0 Å². The van der Waals surface area contributed by atoms with Crippen molar-refractivity contribution in [2.75, 3.05) is 31.6 Å². The number of nitrogens with one attached hydrogen (secondary N) is 1. The summed E-state index contributed by atoms with van der Waals surface area (Å²) in [6.07, 6.45) is 2.19. The lowest BCUT2D eigenvalue weighted by Crippen LogP contribution is -2.28. The molecule has 0 spiro atoms. The van der Waals surface area contributed by atoms with Crippen molar-refractivity contribution in [1.82, 2.24) is 14.7 Å². The lowest BCUT2D eigenvalue weighted by atomic mass is 10.2. The number of nitrogens with zero attached hydrogens (tertiary/aromatic N) is 3. The molecule has 0 saturated carbocycles. The first kappa shape index (κ1) is 16.0. The molecule has 0 radical (unpaired) electrons. The molecule has 5 nitrogen and oxygen atoms in total. The molecule has 0 unspecified atom stereocenters. The number of aliphatic hydroxyl groups excluding tert-OH is 1. The maximum absolute atomic E-state index is 9.15. The Morgan fingerprint density at radius 2 is 2.00 bits per heavy atom. The SMILES string of the molecule is CCCNc1c(CN(CCC)CCO)c(C)nn1C. The van der Waals surface area contributed by atoms with Gasteiger partial charge in [-0.3, -0.25) is 9.58 Å². The molecule has 0 amide bonds. The summed E-state index contributed by atoms with van der Waals surface area (Å²) >= 11 is 0. The second-order valence-electron chi connectivity index (χ2n) is 4.96. The van der Waals surface area contributed by atoms with Crippen molar-refractivity contribution in [2.24, 2.45) is 7.05 Å². The molecule has 1 aromatic rings. The maximum Gasteiger partial charge on any atom is 0.128 e. The van der Waals surface area contributed by atoms with E-state index >= 15 is 0 Å². The zero-order valence-corrected chi connectivity index (χ0v) is 12.7. The second-order valence-corrected chi connectivity index (χ2v) is 4.96. The number of aryl methyl sites for hydroxylation is 2. The molecule has 19 heavy (non-hydrogen) atoms. The van der Waals surface area contributed by atoms with Crippen LogP contribution in [0.25, 0.3) is 0 Å². The fourth-order valence-electron chi connectivity index (χ4n) is 2.31. The van der Waals surface area contributed by atoms with Crippen LogP contribution < -0.4 is 5.32 Å². The van der Waals surface area contributed by atoms with E-state index in [0.29, 0.717) is 0 Å². The molecule has 0 atom stereocenters. The van der Waals surface area contributed by atoms with Crippen LogP contribution in [0.15, 0.2) is 0 Å². The predicted octanol–water partition coefficient (Wildman–Crippen LogP) is 1.75. The third kappa shape index (κ3) is 4.51. The third-order valence-corrected chi connectivity index (χ3v) is 3.23. The molecular formula is C14H28N4O. The summed E-state index contributed by atoms with van der Waals surface area (Å²) in [5, 5.41) is 17.1. The molecule has 0 aliphatic rings. The summed E-state index contributed by atoms with van der Waals surface area (Å²) in [6, 6.07) is 0. The van der Waals surface area contributed by atoms with E-state index in [1.807, 2.05) is 11.7 Å². The van der Waals surface area contributed by atoms with Crippen LogP contribution in [0.2, 0.25) is 0 Å². The Morgan fingerprint density at radius 1 is 1.26 bits per heavy atom. The number of rotatable bonds is 9. The van der Waals surface area contributed by atoms with Crippen LogP contribution >= 0.6 is 0 Å². The minimum Gasteiger partial charge on any atom is -0.395 e. The Labute approximate surface area is 116 Å². The van der Waals surface area contributed by atoms with Crippen LogP contribution in [0.5, 0.6) is 0 Å². The lowest BCUT2D eigenvalue weighted by molar-refractivity contribution is 0.190. The molecule has 1 aromatic heterocycles. The molecule has 1 heterocycles. The van der Waals surface area contributed by atoms with Crippen molar-refractivity contribution in [3.8, 4) is 0 Å². The molecule has 2 N–H and O–H groups in total. The molecule has 0 aliphatic carbocycles. The Kier molecular flexibility index (Phi) is 6.87. The molecule has 0 aromatic carbocycles. The Hall–Kier alpha value is -1.07. The quantitative estimate of drug-likeness (QED) is 0.716. The van der Waals surface area contributed by atoms with E-state index < -0.39 is 0 Å². The first-order valence-electron chi connectivity index (χ1n) is 7.23. The molecular weight excluding hydrogens is 240 g/mol. The highest BCUT2D eigenvalue weighted by molar-refractivity contribution is 5.47. The normalized spacial score (nSPS) is 11.3. The van der Waals surface area contributed by atoms with Gasteiger partial charge in [0, 0.05) is 32.2 Å². The topological polar surface area (TPSA) is 53.3 Å². The van der Waals surface area contributed by atoms with Crippen molar-refractivity contribution < 1.29 is 5.11 Å². The number of hydrogen-bond acceptors (Lipinski definition) is 4. The fourth-order valence-corrected chi connectivity index (χ4v) is 2.31. The van der Waals surface area contributed by atoms with Crippen molar-refractivity contribution in [2.45, 2.75) is 40.2 Å². The van der Waals surface area contributed by atoms with Crippen LogP contribution in [0.4, 0.5) is 5.82 Å². The van der Waals surface area contributed by atoms with Gasteiger partial charge in [-0.15, -0.1) is 0 Å². The highest BCUT2D eigenvalue weighted by atomic mass is 16.3. The second kappa shape index (κ2) is 8.17. The summed E-state index contributed by atoms with van der Waals surface area (Å²) in [7, 11) is 1.98. The van der Waals surface area contributed by atoms with Gasteiger partial charge in [0.25, 0.3) is 0 Å². The van der Waals surface area contributed by atoms with E-state index in [-0.39, 0.29) is 6.61 Å². The molecule has 0 fully saturated rings. The molecule has 0 aliphatic heterocycles. The zero-order valence-electron chi connectivity index (χ0n) is 12.7. The van der Waals surface area contributed by atoms with Crippen LogP contribution in [0.3, 0.4) is 0 Å². The van der Waals surface area contributed by atoms with E-state index in [1.54, 1.807) is 0 Å². The third-order valence-electron chi connectivity index (χ3n) is 3.23. The van der Waals surface area contributed by atoms with Gasteiger partial charge in [0.1, 0.15) is 5.82 Å².